The molecule has 0 saturated carbocycles. The topological polar surface area (TPSA) is 69.4 Å². The fourth-order valence-electron chi connectivity index (χ4n) is 1.59. The number of nitro groups is 1. The summed E-state index contributed by atoms with van der Waals surface area (Å²) < 4.78 is 18.4. The van der Waals surface area contributed by atoms with Crippen LogP contribution in [0.15, 0.2) is 48.5 Å². The summed E-state index contributed by atoms with van der Waals surface area (Å²) in [6.45, 7) is -0.360. The Morgan fingerprint density at radius 2 is 1.90 bits per heavy atom. The van der Waals surface area contributed by atoms with Crippen LogP contribution in [0.4, 0.5) is 10.1 Å². The molecule has 0 aliphatic carbocycles. The Hall–Kier alpha value is -2.76. The molecule has 0 radical (unpaired) electrons. The molecule has 2 aromatic carbocycles. The first-order chi connectivity index (χ1) is 9.58. The van der Waals surface area contributed by atoms with Crippen molar-refractivity contribution in [3.05, 3.63) is 75.6 Å². The van der Waals surface area contributed by atoms with Gasteiger partial charge in [-0.2, -0.15) is 0 Å². The molecule has 0 spiro atoms. The predicted molar refractivity (Wildman–Crippen MR) is 68.6 cm³/mol. The number of carbonyl (C=O) groups is 1. The molecule has 0 fully saturated rings. The summed E-state index contributed by atoms with van der Waals surface area (Å²) in [5, 5.41) is 10.6. The highest BCUT2D eigenvalue weighted by molar-refractivity contribution is 5.89. The number of hydrogen-bond acceptors (Lipinski definition) is 4. The highest BCUT2D eigenvalue weighted by Gasteiger charge is 2.13. The molecule has 0 unspecified atom stereocenters. The third-order valence-corrected chi connectivity index (χ3v) is 2.61. The van der Waals surface area contributed by atoms with Gasteiger partial charge in [-0.3, -0.25) is 10.1 Å². The van der Waals surface area contributed by atoms with Crippen LogP contribution >= 0.6 is 0 Å². The summed E-state index contributed by atoms with van der Waals surface area (Å²) in [5.41, 5.74) is 0.0407. The largest absolute Gasteiger partial charge is 0.457 e. The quantitative estimate of drug-likeness (QED) is 0.488. The van der Waals surface area contributed by atoms with Crippen molar-refractivity contribution in [1.82, 2.24) is 0 Å². The molecule has 6 heteroatoms. The number of ether oxygens (including phenoxy) is 1. The van der Waals surface area contributed by atoms with Crippen molar-refractivity contribution >= 4 is 11.7 Å². The van der Waals surface area contributed by atoms with Crippen LogP contribution in [0.2, 0.25) is 0 Å². The molecular weight excluding hydrogens is 265 g/mol. The number of benzene rings is 2. The van der Waals surface area contributed by atoms with E-state index >= 15 is 0 Å². The third-order valence-electron chi connectivity index (χ3n) is 2.61. The second kappa shape index (κ2) is 5.92. The van der Waals surface area contributed by atoms with Gasteiger partial charge in [-0.15, -0.1) is 0 Å². The number of hydrogen-bond donors (Lipinski definition) is 0. The summed E-state index contributed by atoms with van der Waals surface area (Å²) in [5.74, 6) is -1.27. The number of halogens is 1. The third kappa shape index (κ3) is 3.17. The SMILES string of the molecule is O=C(OCc1cc([N+](=O)[O-])ccc1F)c1ccccc1. The van der Waals surface area contributed by atoms with Gasteiger partial charge in [-0.25, -0.2) is 9.18 Å². The number of nitro benzene ring substituents is 1. The fraction of sp³-hybridized carbons (Fsp3) is 0.0714. The second-order valence-corrected chi connectivity index (χ2v) is 3.97. The number of non-ortho nitro benzene ring substituents is 1. The molecule has 20 heavy (non-hydrogen) atoms. The van der Waals surface area contributed by atoms with Crippen LogP contribution in [0, 0.1) is 15.9 Å². The number of nitrogens with zero attached hydrogens (tertiary/aromatic N) is 1. The van der Waals surface area contributed by atoms with E-state index in [-0.39, 0.29) is 17.9 Å². The molecule has 0 aliphatic heterocycles. The summed E-state index contributed by atoms with van der Waals surface area (Å²) >= 11 is 0. The lowest BCUT2D eigenvalue weighted by Gasteiger charge is -2.06. The normalized spacial score (nSPS) is 10.1. The van der Waals surface area contributed by atoms with Gasteiger partial charge in [0.05, 0.1) is 10.5 Å². The lowest BCUT2D eigenvalue weighted by atomic mass is 10.2. The zero-order valence-electron chi connectivity index (χ0n) is 10.3. The first-order valence-corrected chi connectivity index (χ1v) is 5.73. The molecule has 0 atom stereocenters. The van der Waals surface area contributed by atoms with Gasteiger partial charge in [0.1, 0.15) is 12.4 Å². The smallest absolute Gasteiger partial charge is 0.338 e. The summed E-state index contributed by atoms with van der Waals surface area (Å²) in [6.07, 6.45) is 0. The van der Waals surface area contributed by atoms with E-state index in [1.54, 1.807) is 30.3 Å². The van der Waals surface area contributed by atoms with Crippen molar-refractivity contribution in [1.29, 1.82) is 0 Å². The van der Waals surface area contributed by atoms with E-state index in [0.717, 1.165) is 18.2 Å². The average Bonchev–Trinajstić information content (AvgIpc) is 2.46. The highest BCUT2D eigenvalue weighted by atomic mass is 19.1. The molecule has 2 rings (SSSR count). The van der Waals surface area contributed by atoms with Gasteiger partial charge in [0.15, 0.2) is 0 Å². The second-order valence-electron chi connectivity index (χ2n) is 3.97. The molecule has 102 valence electrons. The molecule has 5 nitrogen and oxygen atoms in total. The Kier molecular flexibility index (Phi) is 4.05. The van der Waals surface area contributed by atoms with Crippen LogP contribution in [0.3, 0.4) is 0 Å². The maximum atomic E-state index is 13.5. The highest BCUT2D eigenvalue weighted by Crippen LogP contribution is 2.18. The lowest BCUT2D eigenvalue weighted by Crippen LogP contribution is -2.06. The molecule has 0 bridgehead atoms. The summed E-state index contributed by atoms with van der Waals surface area (Å²) in [4.78, 5) is 21.6. The maximum absolute atomic E-state index is 13.5. The number of rotatable bonds is 4. The Balaban J connectivity index is 2.09. The molecule has 0 heterocycles. The van der Waals surface area contributed by atoms with Crippen molar-refractivity contribution in [2.24, 2.45) is 0 Å². The van der Waals surface area contributed by atoms with E-state index in [4.69, 9.17) is 4.74 Å². The number of carbonyl (C=O) groups excluding carboxylic acids is 1. The van der Waals surface area contributed by atoms with Crippen molar-refractivity contribution in [2.75, 3.05) is 0 Å². The lowest BCUT2D eigenvalue weighted by molar-refractivity contribution is -0.385. The van der Waals surface area contributed by atoms with Crippen molar-refractivity contribution in [3.8, 4) is 0 Å². The average molecular weight is 275 g/mol. The van der Waals surface area contributed by atoms with Crippen LogP contribution < -0.4 is 0 Å². The zero-order chi connectivity index (χ0) is 14.5. The van der Waals surface area contributed by atoms with Crippen LogP contribution in [0.5, 0.6) is 0 Å². The minimum atomic E-state index is -0.656. The van der Waals surface area contributed by atoms with Gasteiger partial charge in [0.25, 0.3) is 5.69 Å². The number of esters is 1. The van der Waals surface area contributed by atoms with Gasteiger partial charge in [0.2, 0.25) is 0 Å². The standard InChI is InChI=1S/C14H10FNO4/c15-13-7-6-12(16(18)19)8-11(13)9-20-14(17)10-4-2-1-3-5-10/h1-8H,9H2. The molecule has 2 aromatic rings. The monoisotopic (exact) mass is 275 g/mol. The van der Waals surface area contributed by atoms with E-state index in [0.29, 0.717) is 5.56 Å². The molecule has 0 amide bonds. The predicted octanol–water partition coefficient (Wildman–Crippen LogP) is 3.09. The first kappa shape index (κ1) is 13.7. The van der Waals surface area contributed by atoms with E-state index in [1.165, 1.54) is 0 Å². The van der Waals surface area contributed by atoms with Crippen LogP contribution in [-0.4, -0.2) is 10.9 Å². The maximum Gasteiger partial charge on any atom is 0.338 e. The van der Waals surface area contributed by atoms with Crippen LogP contribution in [0.25, 0.3) is 0 Å². The van der Waals surface area contributed by atoms with Crippen molar-refractivity contribution < 1.29 is 18.8 Å². The first-order valence-electron chi connectivity index (χ1n) is 5.73. The summed E-state index contributed by atoms with van der Waals surface area (Å²) in [6, 6.07) is 11.3. The van der Waals surface area contributed by atoms with Gasteiger partial charge in [-0.05, 0) is 18.2 Å². The van der Waals surface area contributed by atoms with E-state index in [2.05, 4.69) is 0 Å². The van der Waals surface area contributed by atoms with Gasteiger partial charge >= 0.3 is 5.97 Å². The molecule has 0 N–H and O–H groups in total. The molecule has 0 aliphatic rings. The van der Waals surface area contributed by atoms with E-state index < -0.39 is 16.7 Å². The molecule has 0 aromatic heterocycles. The zero-order valence-corrected chi connectivity index (χ0v) is 10.3. The van der Waals surface area contributed by atoms with E-state index in [1.807, 2.05) is 0 Å². The van der Waals surface area contributed by atoms with Gasteiger partial charge < -0.3 is 4.74 Å². The molecule has 0 saturated heterocycles. The Morgan fingerprint density at radius 1 is 1.20 bits per heavy atom. The summed E-state index contributed by atoms with van der Waals surface area (Å²) in [7, 11) is 0. The van der Waals surface area contributed by atoms with Crippen molar-refractivity contribution in [2.45, 2.75) is 6.61 Å². The Morgan fingerprint density at radius 3 is 2.55 bits per heavy atom. The van der Waals surface area contributed by atoms with Crippen molar-refractivity contribution in [3.63, 3.8) is 0 Å². The van der Waals surface area contributed by atoms with Crippen LogP contribution in [0.1, 0.15) is 15.9 Å². The fourth-order valence-corrected chi connectivity index (χ4v) is 1.59. The molecular formula is C14H10FNO4. The van der Waals surface area contributed by atoms with Gasteiger partial charge in [-0.1, -0.05) is 18.2 Å². The minimum Gasteiger partial charge on any atom is -0.457 e. The Labute approximate surface area is 113 Å². The van der Waals surface area contributed by atoms with E-state index in [9.17, 15) is 19.3 Å². The minimum absolute atomic E-state index is 0.0384. The van der Waals surface area contributed by atoms with Crippen LogP contribution in [-0.2, 0) is 11.3 Å². The van der Waals surface area contributed by atoms with Gasteiger partial charge in [0, 0.05) is 17.7 Å². The Bertz CT molecular complexity index is 643.